The highest BCUT2D eigenvalue weighted by Gasteiger charge is 2.09. The van der Waals surface area contributed by atoms with Crippen LogP contribution in [0, 0.1) is 5.92 Å². The zero-order valence-corrected chi connectivity index (χ0v) is 13.2. The number of rotatable bonds is 6. The molecule has 0 saturated heterocycles. The summed E-state index contributed by atoms with van der Waals surface area (Å²) < 4.78 is 5.26. The monoisotopic (exact) mass is 283 g/mol. The number of hydrogen-bond acceptors (Lipinski definition) is 2. The average molecular weight is 283 g/mol. The molecule has 0 bridgehead atoms. The highest BCUT2D eigenvalue weighted by atomic mass is 16.5. The molecule has 1 atom stereocenters. The summed E-state index contributed by atoms with van der Waals surface area (Å²) in [6.07, 6.45) is 1.92. The second-order valence-electron chi connectivity index (χ2n) is 6.01. The van der Waals surface area contributed by atoms with Crippen LogP contribution in [0.4, 0.5) is 0 Å². The quantitative estimate of drug-likeness (QED) is 0.865. The maximum absolute atomic E-state index is 6.38. The fourth-order valence-corrected chi connectivity index (χ4v) is 2.59. The minimum absolute atomic E-state index is 0.0178. The lowest BCUT2D eigenvalue weighted by molar-refractivity contribution is 0.414. The summed E-state index contributed by atoms with van der Waals surface area (Å²) in [5, 5.41) is 0. The molecular weight excluding hydrogens is 258 g/mol. The Morgan fingerprint density at radius 3 is 2.29 bits per heavy atom. The molecule has 2 aromatic rings. The van der Waals surface area contributed by atoms with Gasteiger partial charge in [-0.25, -0.2) is 0 Å². The van der Waals surface area contributed by atoms with Crippen molar-refractivity contribution in [3.05, 3.63) is 65.2 Å². The Hall–Kier alpha value is -1.80. The van der Waals surface area contributed by atoms with E-state index in [0.29, 0.717) is 5.92 Å². The minimum Gasteiger partial charge on any atom is -0.497 e. The second kappa shape index (κ2) is 7.28. The third kappa shape index (κ3) is 4.61. The zero-order chi connectivity index (χ0) is 15.2. The smallest absolute Gasteiger partial charge is 0.119 e. The van der Waals surface area contributed by atoms with Crippen LogP contribution >= 0.6 is 0 Å². The van der Waals surface area contributed by atoms with Crippen LogP contribution in [0.25, 0.3) is 0 Å². The highest BCUT2D eigenvalue weighted by molar-refractivity contribution is 5.32. The van der Waals surface area contributed by atoms with Crippen molar-refractivity contribution in [1.82, 2.24) is 0 Å². The molecule has 0 aliphatic carbocycles. The van der Waals surface area contributed by atoms with E-state index in [1.54, 1.807) is 7.11 Å². The first-order chi connectivity index (χ1) is 10.1. The zero-order valence-electron chi connectivity index (χ0n) is 13.2. The van der Waals surface area contributed by atoms with Crippen LogP contribution in [0.15, 0.2) is 48.5 Å². The summed E-state index contributed by atoms with van der Waals surface area (Å²) in [7, 11) is 1.69. The van der Waals surface area contributed by atoms with E-state index < -0.39 is 0 Å². The van der Waals surface area contributed by atoms with Crippen LogP contribution in [0.1, 0.15) is 36.6 Å². The molecular formula is C19H25NO. The molecule has 2 N–H and O–H groups in total. The predicted octanol–water partition coefficient (Wildman–Crippen LogP) is 4.14. The predicted molar refractivity (Wildman–Crippen MR) is 88.6 cm³/mol. The number of ether oxygens (including phenoxy) is 1. The molecule has 0 fully saturated rings. The molecule has 0 aliphatic heterocycles. The van der Waals surface area contributed by atoms with Crippen molar-refractivity contribution >= 4 is 0 Å². The molecule has 0 amide bonds. The fraction of sp³-hybridized carbons (Fsp3) is 0.368. The van der Waals surface area contributed by atoms with Gasteiger partial charge in [0, 0.05) is 6.04 Å². The highest BCUT2D eigenvalue weighted by Crippen LogP contribution is 2.21. The fourth-order valence-electron chi connectivity index (χ4n) is 2.59. The third-order valence-electron chi connectivity index (χ3n) is 3.61. The summed E-state index contributed by atoms with van der Waals surface area (Å²) in [4.78, 5) is 0. The molecule has 2 aromatic carbocycles. The number of hydrogen-bond donors (Lipinski definition) is 1. The summed E-state index contributed by atoms with van der Waals surface area (Å²) in [5.74, 6) is 1.54. The minimum atomic E-state index is 0.0178. The van der Waals surface area contributed by atoms with Gasteiger partial charge in [0.25, 0.3) is 0 Å². The van der Waals surface area contributed by atoms with Gasteiger partial charge in [-0.05, 0) is 47.6 Å². The topological polar surface area (TPSA) is 35.2 Å². The van der Waals surface area contributed by atoms with Crippen molar-refractivity contribution in [1.29, 1.82) is 0 Å². The Morgan fingerprint density at radius 2 is 1.62 bits per heavy atom. The Morgan fingerprint density at radius 1 is 0.952 bits per heavy atom. The van der Waals surface area contributed by atoms with E-state index in [2.05, 4.69) is 50.2 Å². The maximum Gasteiger partial charge on any atom is 0.119 e. The number of methoxy groups -OCH3 is 1. The van der Waals surface area contributed by atoms with Crippen molar-refractivity contribution in [3.8, 4) is 5.75 Å². The van der Waals surface area contributed by atoms with Gasteiger partial charge in [-0.15, -0.1) is 0 Å². The van der Waals surface area contributed by atoms with Gasteiger partial charge in [0.1, 0.15) is 5.75 Å². The van der Waals surface area contributed by atoms with Crippen molar-refractivity contribution in [2.24, 2.45) is 11.7 Å². The Kier molecular flexibility index (Phi) is 5.40. The largest absolute Gasteiger partial charge is 0.497 e. The van der Waals surface area contributed by atoms with Gasteiger partial charge in [0.2, 0.25) is 0 Å². The first-order valence-electron chi connectivity index (χ1n) is 7.56. The lowest BCUT2D eigenvalue weighted by Crippen LogP contribution is -2.13. The third-order valence-corrected chi connectivity index (χ3v) is 3.61. The van der Waals surface area contributed by atoms with E-state index in [4.69, 9.17) is 10.5 Å². The maximum atomic E-state index is 6.38. The summed E-state index contributed by atoms with van der Waals surface area (Å²) in [5.41, 5.74) is 10.2. The van der Waals surface area contributed by atoms with E-state index in [9.17, 15) is 0 Å². The van der Waals surface area contributed by atoms with E-state index >= 15 is 0 Å². The molecule has 0 spiro atoms. The molecule has 0 aromatic heterocycles. The van der Waals surface area contributed by atoms with Crippen LogP contribution in [0.2, 0.25) is 0 Å². The number of nitrogens with two attached hydrogens (primary N) is 1. The van der Waals surface area contributed by atoms with Crippen molar-refractivity contribution in [2.45, 2.75) is 32.7 Å². The normalized spacial score (nSPS) is 12.4. The van der Waals surface area contributed by atoms with Crippen LogP contribution in [-0.2, 0) is 12.8 Å². The van der Waals surface area contributed by atoms with Crippen LogP contribution in [0.3, 0.4) is 0 Å². The van der Waals surface area contributed by atoms with Crippen LogP contribution < -0.4 is 10.5 Å². The van der Waals surface area contributed by atoms with Crippen molar-refractivity contribution < 1.29 is 4.74 Å². The Labute approximate surface area is 127 Å². The standard InChI is InChI=1S/C19H25NO/c1-14(2)10-15-6-4-8-17(11-15)19(20)13-16-7-5-9-18(12-16)21-3/h4-9,11-12,14,19H,10,13,20H2,1-3H3. The Bertz CT molecular complexity index is 577. The SMILES string of the molecule is COc1cccc(CC(N)c2cccc(CC(C)C)c2)c1. The van der Waals surface area contributed by atoms with Gasteiger partial charge in [0.05, 0.1) is 7.11 Å². The van der Waals surface area contributed by atoms with Crippen LogP contribution in [-0.4, -0.2) is 7.11 Å². The summed E-state index contributed by atoms with van der Waals surface area (Å²) >= 11 is 0. The van der Waals surface area contributed by atoms with Gasteiger partial charge < -0.3 is 10.5 Å². The summed E-state index contributed by atoms with van der Waals surface area (Å²) in [6.45, 7) is 4.48. The van der Waals surface area contributed by atoms with Gasteiger partial charge >= 0.3 is 0 Å². The van der Waals surface area contributed by atoms with E-state index in [-0.39, 0.29) is 6.04 Å². The molecule has 0 aliphatic rings. The lowest BCUT2D eigenvalue weighted by atomic mass is 9.95. The second-order valence-corrected chi connectivity index (χ2v) is 6.01. The van der Waals surface area contributed by atoms with Gasteiger partial charge in [-0.2, -0.15) is 0 Å². The number of benzene rings is 2. The lowest BCUT2D eigenvalue weighted by Gasteiger charge is -2.15. The van der Waals surface area contributed by atoms with Gasteiger partial charge in [0.15, 0.2) is 0 Å². The van der Waals surface area contributed by atoms with Gasteiger partial charge in [-0.1, -0.05) is 50.2 Å². The van der Waals surface area contributed by atoms with Crippen molar-refractivity contribution in [2.75, 3.05) is 7.11 Å². The molecule has 2 heteroatoms. The first-order valence-corrected chi connectivity index (χ1v) is 7.56. The molecule has 0 radical (unpaired) electrons. The van der Waals surface area contributed by atoms with Crippen molar-refractivity contribution in [3.63, 3.8) is 0 Å². The summed E-state index contributed by atoms with van der Waals surface area (Å²) in [6, 6.07) is 16.8. The molecule has 21 heavy (non-hydrogen) atoms. The molecule has 0 heterocycles. The van der Waals surface area contributed by atoms with Gasteiger partial charge in [-0.3, -0.25) is 0 Å². The Balaban J connectivity index is 2.10. The molecule has 2 nitrogen and oxygen atoms in total. The molecule has 0 saturated carbocycles. The van der Waals surface area contributed by atoms with E-state index in [1.807, 2.05) is 12.1 Å². The first kappa shape index (κ1) is 15.6. The average Bonchev–Trinajstić information content (AvgIpc) is 2.47. The molecule has 1 unspecified atom stereocenters. The molecule has 112 valence electrons. The van der Waals surface area contributed by atoms with Crippen LogP contribution in [0.5, 0.6) is 5.75 Å². The van der Waals surface area contributed by atoms with E-state index in [0.717, 1.165) is 18.6 Å². The van der Waals surface area contributed by atoms with E-state index in [1.165, 1.54) is 16.7 Å². The molecule has 2 rings (SSSR count).